The third-order valence-corrected chi connectivity index (χ3v) is 12.2. The van der Waals surface area contributed by atoms with Gasteiger partial charge in [-0.1, -0.05) is 18.2 Å². The van der Waals surface area contributed by atoms with E-state index in [1.165, 1.54) is 27.5 Å². The Balaban J connectivity index is 0.000000472. The zero-order chi connectivity index (χ0) is 63.4. The van der Waals surface area contributed by atoms with Gasteiger partial charge in [0.15, 0.2) is 0 Å². The second kappa shape index (κ2) is 45.3. The number of rotatable bonds is 10. The van der Waals surface area contributed by atoms with E-state index in [-0.39, 0.29) is 0 Å². The predicted molar refractivity (Wildman–Crippen MR) is 370 cm³/mol. The molecule has 0 spiro atoms. The van der Waals surface area contributed by atoms with Crippen LogP contribution in [0.1, 0.15) is 55.9 Å². The molecule has 0 amide bonds. The van der Waals surface area contributed by atoms with E-state index in [0.29, 0.717) is 23.3 Å². The fourth-order valence-corrected chi connectivity index (χ4v) is 7.54. The quantitative estimate of drug-likeness (QED) is 0.0571. The molecular formula is C52H64B10N20S3. The van der Waals surface area contributed by atoms with Crippen LogP contribution in [0.25, 0.3) is 0 Å². The molecule has 0 aliphatic heterocycles. The molecule has 20 radical (unpaired) electrons. The first-order chi connectivity index (χ1) is 40.8. The van der Waals surface area contributed by atoms with Crippen LogP contribution in [0.5, 0.6) is 0 Å². The van der Waals surface area contributed by atoms with Crippen molar-refractivity contribution in [3.05, 3.63) is 188 Å². The van der Waals surface area contributed by atoms with Crippen LogP contribution in [0, 0.1) is 69.2 Å². The van der Waals surface area contributed by atoms with E-state index in [2.05, 4.69) is 107 Å². The van der Waals surface area contributed by atoms with E-state index >= 15 is 0 Å². The number of nitrogens with zero attached hydrogens (tertiary/aromatic N) is 8. The Morgan fingerprint density at radius 3 is 1.44 bits per heavy atom. The molecule has 0 bridgehead atoms. The Morgan fingerprint density at radius 2 is 1.08 bits per heavy atom. The third-order valence-electron chi connectivity index (χ3n) is 9.51. The number of aromatic amines is 2. The number of aryl methyl sites for hydroxylation is 10. The largest absolute Gasteiger partial charge is 0.437 e. The second-order valence-corrected chi connectivity index (χ2v) is 19.9. The van der Waals surface area contributed by atoms with Crippen LogP contribution in [0.15, 0.2) is 133 Å². The lowest BCUT2D eigenvalue weighted by Gasteiger charge is -1.98. The minimum Gasteiger partial charge on any atom is -0.437 e. The van der Waals surface area contributed by atoms with Crippen LogP contribution in [0.3, 0.4) is 0 Å². The van der Waals surface area contributed by atoms with Gasteiger partial charge in [-0.05, 0) is 176 Å². The van der Waals surface area contributed by atoms with Crippen molar-refractivity contribution in [2.45, 2.75) is 69.2 Å². The Kier molecular flexibility index (Phi) is 39.9. The number of H-pyrrole nitrogens is 2. The molecule has 0 aliphatic rings. The monoisotopic (exact) mass is 1170 g/mol. The number of anilines is 10. The molecular weight excluding hydrogens is 1110 g/mol. The Labute approximate surface area is 526 Å². The van der Waals surface area contributed by atoms with Crippen LogP contribution in [0.2, 0.25) is 0 Å². The van der Waals surface area contributed by atoms with Crippen molar-refractivity contribution in [2.75, 3.05) is 52.3 Å². The molecule has 0 saturated heterocycles. The Morgan fingerprint density at radius 1 is 0.435 bits per heavy atom. The van der Waals surface area contributed by atoms with Crippen molar-refractivity contribution in [3.63, 3.8) is 0 Å². The van der Waals surface area contributed by atoms with Gasteiger partial charge in [-0.25, -0.2) is 15.0 Å². The smallest absolute Gasteiger partial charge is 0.224 e. The summed E-state index contributed by atoms with van der Waals surface area (Å²) in [5, 5.41) is 44.8. The molecule has 33 heteroatoms. The van der Waals surface area contributed by atoms with Crippen molar-refractivity contribution in [1.82, 2.24) is 49.7 Å². The summed E-state index contributed by atoms with van der Waals surface area (Å²) in [6.07, 6.45) is 6.67. The highest BCUT2D eigenvalue weighted by Crippen LogP contribution is 2.18. The lowest BCUT2D eigenvalue weighted by atomic mass is 10.2. The predicted octanol–water partition coefficient (Wildman–Crippen LogP) is 8.90. The highest BCUT2D eigenvalue weighted by Gasteiger charge is 1.94. The van der Waals surface area contributed by atoms with Crippen LogP contribution >= 0.6 is 34.2 Å². The van der Waals surface area contributed by atoms with Gasteiger partial charge in [-0.3, -0.25) is 10.1 Å². The third kappa shape index (κ3) is 36.2. The average molecular weight is 1170 g/mol. The van der Waals surface area contributed by atoms with Gasteiger partial charge >= 0.3 is 0 Å². The van der Waals surface area contributed by atoms with Gasteiger partial charge in [0, 0.05) is 74.7 Å². The molecule has 0 atom stereocenters. The first-order valence-electron chi connectivity index (χ1n) is 25.2. The lowest BCUT2D eigenvalue weighted by molar-refractivity contribution is 0.984. The first kappa shape index (κ1) is 74.9. The SMILES string of the molecule is [B]Nc1cc(C)[nH]n1.[B]Nc1cc(C)cs1.[B]Nc1cc(C)ns1.[B]Nc1ccc(C)[nH]1.[B]Nc1cccc(C)c1.[B]Nc1cccc(C)n1.[B]Nc1ccnc(C)n1.[B]Nc1cncc(C)c1.[B]Nc1cnnc(C)c1.[B]Nc1csc(C)c1. The van der Waals surface area contributed by atoms with Crippen molar-refractivity contribution in [2.24, 2.45) is 0 Å². The van der Waals surface area contributed by atoms with Gasteiger partial charge in [0.05, 0.1) is 33.4 Å². The van der Waals surface area contributed by atoms with Crippen LogP contribution in [-0.4, -0.2) is 130 Å². The number of aromatic nitrogens is 10. The molecule has 0 aliphatic carbocycles. The molecule has 9 heterocycles. The average Bonchev–Trinajstić information content (AvgIpc) is 4.45. The number of nitrogens with one attached hydrogen (secondary N) is 12. The highest BCUT2D eigenvalue weighted by atomic mass is 32.1. The van der Waals surface area contributed by atoms with Gasteiger partial charge in [0.1, 0.15) is 23.3 Å². The van der Waals surface area contributed by atoms with Crippen molar-refractivity contribution in [1.29, 1.82) is 0 Å². The zero-order valence-corrected chi connectivity index (χ0v) is 51.7. The maximum absolute atomic E-state index is 5.17. The molecule has 85 heavy (non-hydrogen) atoms. The van der Waals surface area contributed by atoms with Crippen molar-refractivity contribution < 1.29 is 0 Å². The topological polar surface area (TPSA) is 255 Å². The summed E-state index contributed by atoms with van der Waals surface area (Å²) in [5.41, 5.74) is 12.1. The number of benzene rings is 1. The first-order valence-corrected chi connectivity index (χ1v) is 27.7. The van der Waals surface area contributed by atoms with E-state index in [9.17, 15) is 0 Å². The fourth-order valence-electron chi connectivity index (χ4n) is 5.62. The maximum Gasteiger partial charge on any atom is 0.224 e. The lowest BCUT2D eigenvalue weighted by Crippen LogP contribution is -1.96. The summed E-state index contributed by atoms with van der Waals surface area (Å²) in [6, 6.07) is 30.5. The molecule has 9 aromatic heterocycles. The van der Waals surface area contributed by atoms with Crippen LogP contribution in [0.4, 0.5) is 56.0 Å². The fraction of sp³-hybridized carbons (Fsp3) is 0.192. The summed E-state index contributed by atoms with van der Waals surface area (Å²) >= 11 is 4.66. The Hall–Kier alpha value is -8.15. The van der Waals surface area contributed by atoms with E-state index in [1.807, 2.05) is 159 Å². The summed E-state index contributed by atoms with van der Waals surface area (Å²) in [5.74, 6) is 3.58. The molecule has 1 aromatic carbocycles. The van der Waals surface area contributed by atoms with E-state index in [1.54, 1.807) is 60.5 Å². The van der Waals surface area contributed by atoms with Gasteiger partial charge in [-0.2, -0.15) is 19.7 Å². The van der Waals surface area contributed by atoms with Crippen molar-refractivity contribution in [3.8, 4) is 0 Å². The molecule has 12 N–H and O–H groups in total. The standard InChI is InChI=1S/C7H8BN.2C6H7BN2.2C5H6BN3.C5H7BN2.2C5H6BNS.C4H6BN3.C4H5BN2S/c1-6-3-2-4-7(5-6)9-8;1-5-2-6(9-7)4-8-3-5;1-5-3-2-4-6(8-5)9-7;1-4-2-5(8-6)3-7-9-4;1-4-7-3-2-5(8-4)9-6;1-4-2-3-5(7-4)8-6;1-4-2-5(7-6)3-8-4;1-4-2-5(7-6)8-3-4;2*1-3-2-4(6-5)8-7-3/h2-5,9H,1H3;2-4,9H,1H3;2-4H,1H3,(H,8,9);2-3H,1H3,(H,8,9);2-3H,1H3,(H,7,8,9);2-3,7-8H,1H3;2*2-3,7H,1H3;2H,1H3,(H2,6,7,8);2,6H,1H3. The molecule has 10 aromatic rings. The number of thiophene rings is 2. The normalized spacial score (nSPS) is 9.06. The van der Waals surface area contributed by atoms with E-state index < -0.39 is 0 Å². The molecule has 0 fully saturated rings. The number of pyridine rings is 2. The number of hydrogen-bond donors (Lipinski definition) is 12. The van der Waals surface area contributed by atoms with Crippen molar-refractivity contribution >= 4 is 170 Å². The second-order valence-electron chi connectivity index (χ2n) is 17.1. The Bertz CT molecular complexity index is 2800. The maximum atomic E-state index is 5.17. The van der Waals surface area contributed by atoms with Crippen LogP contribution in [-0.2, 0) is 0 Å². The zero-order valence-electron chi connectivity index (χ0n) is 49.3. The highest BCUT2D eigenvalue weighted by molar-refractivity contribution is 7.14. The molecule has 0 unspecified atom stereocenters. The van der Waals surface area contributed by atoms with E-state index in [0.717, 1.165) is 72.6 Å². The van der Waals surface area contributed by atoms with Gasteiger partial charge in [0.2, 0.25) is 79.8 Å². The minimum atomic E-state index is 0.641. The summed E-state index contributed by atoms with van der Waals surface area (Å²) < 4.78 is 3.99. The molecule has 420 valence electrons. The van der Waals surface area contributed by atoms with Gasteiger partial charge < -0.3 is 57.3 Å². The molecule has 20 nitrogen and oxygen atoms in total. The molecule has 10 rings (SSSR count). The number of hydrogen-bond acceptors (Lipinski definition) is 21. The summed E-state index contributed by atoms with van der Waals surface area (Å²) in [4.78, 5) is 20.1. The van der Waals surface area contributed by atoms with Crippen LogP contribution < -0.4 is 52.3 Å². The van der Waals surface area contributed by atoms with Gasteiger partial charge in [0.25, 0.3) is 0 Å². The van der Waals surface area contributed by atoms with E-state index in [4.69, 9.17) is 79.8 Å². The summed E-state index contributed by atoms with van der Waals surface area (Å²) in [7, 11) is 51.0. The molecule has 0 saturated carbocycles. The minimum absolute atomic E-state index is 0.641. The van der Waals surface area contributed by atoms with Gasteiger partial charge in [-0.15, -0.1) is 22.7 Å². The summed E-state index contributed by atoms with van der Waals surface area (Å²) in [6.45, 7) is 19.5.